The van der Waals surface area contributed by atoms with Crippen molar-refractivity contribution in [2.45, 2.75) is 32.9 Å². The lowest BCUT2D eigenvalue weighted by Crippen LogP contribution is -2.22. The SMILES string of the molecule is CCNC(Cc1cnn(CC)c1)c1ccc(Cl)c(Cl)c1. The molecule has 2 aromatic rings. The second-order valence-electron chi connectivity index (χ2n) is 4.69. The predicted octanol–water partition coefficient (Wildman–Crippen LogP) is 4.10. The molecule has 1 N–H and O–H groups in total. The monoisotopic (exact) mass is 311 g/mol. The van der Waals surface area contributed by atoms with Gasteiger partial charge in [0, 0.05) is 18.8 Å². The van der Waals surface area contributed by atoms with Crippen LogP contribution in [0.1, 0.15) is 31.0 Å². The molecule has 2 rings (SSSR count). The smallest absolute Gasteiger partial charge is 0.0595 e. The second kappa shape index (κ2) is 7.11. The van der Waals surface area contributed by atoms with Crippen LogP contribution < -0.4 is 5.32 Å². The number of nitrogens with zero attached hydrogens (tertiary/aromatic N) is 2. The first-order valence-corrected chi connectivity index (χ1v) is 7.59. The molecule has 3 nitrogen and oxygen atoms in total. The van der Waals surface area contributed by atoms with Crippen molar-refractivity contribution >= 4 is 23.2 Å². The van der Waals surface area contributed by atoms with E-state index in [1.165, 1.54) is 5.56 Å². The minimum absolute atomic E-state index is 0.212. The quantitative estimate of drug-likeness (QED) is 0.870. The highest BCUT2D eigenvalue weighted by Gasteiger charge is 2.13. The average molecular weight is 312 g/mol. The van der Waals surface area contributed by atoms with Gasteiger partial charge in [0.2, 0.25) is 0 Å². The summed E-state index contributed by atoms with van der Waals surface area (Å²) in [6.45, 7) is 5.96. The van der Waals surface area contributed by atoms with Gasteiger partial charge in [0.1, 0.15) is 0 Å². The van der Waals surface area contributed by atoms with Crippen molar-refractivity contribution in [1.29, 1.82) is 0 Å². The summed E-state index contributed by atoms with van der Waals surface area (Å²) in [5.74, 6) is 0. The van der Waals surface area contributed by atoms with Crippen LogP contribution in [0, 0.1) is 0 Å². The van der Waals surface area contributed by atoms with Crippen LogP contribution in [0.5, 0.6) is 0 Å². The molecule has 108 valence electrons. The molecule has 0 spiro atoms. The minimum Gasteiger partial charge on any atom is -0.310 e. The summed E-state index contributed by atoms with van der Waals surface area (Å²) in [5, 5.41) is 8.98. The molecule has 1 heterocycles. The van der Waals surface area contributed by atoms with Gasteiger partial charge >= 0.3 is 0 Å². The molecular weight excluding hydrogens is 293 g/mol. The van der Waals surface area contributed by atoms with E-state index < -0.39 is 0 Å². The molecule has 0 amide bonds. The summed E-state index contributed by atoms with van der Waals surface area (Å²) >= 11 is 12.1. The maximum Gasteiger partial charge on any atom is 0.0595 e. The molecule has 0 aliphatic heterocycles. The molecule has 0 fully saturated rings. The van der Waals surface area contributed by atoms with Gasteiger partial charge in [-0.2, -0.15) is 5.10 Å². The Hall–Kier alpha value is -1.03. The zero-order valence-corrected chi connectivity index (χ0v) is 13.2. The van der Waals surface area contributed by atoms with E-state index in [4.69, 9.17) is 23.2 Å². The molecule has 0 saturated heterocycles. The Labute approximate surface area is 129 Å². The number of likely N-dealkylation sites (N-methyl/N-ethyl adjacent to an activating group) is 1. The Morgan fingerprint density at radius 3 is 2.65 bits per heavy atom. The van der Waals surface area contributed by atoms with Crippen LogP contribution in [0.2, 0.25) is 10.0 Å². The first-order valence-electron chi connectivity index (χ1n) is 6.83. The molecule has 1 unspecified atom stereocenters. The molecule has 0 saturated carbocycles. The summed E-state index contributed by atoms with van der Waals surface area (Å²) < 4.78 is 1.94. The van der Waals surface area contributed by atoms with Gasteiger partial charge in [0.25, 0.3) is 0 Å². The highest BCUT2D eigenvalue weighted by molar-refractivity contribution is 6.42. The standard InChI is InChI=1S/C15H19Cl2N3/c1-3-18-15(7-11-9-19-20(4-2)10-11)12-5-6-13(16)14(17)8-12/h5-6,8-10,15,18H,3-4,7H2,1-2H3. The lowest BCUT2D eigenvalue weighted by Gasteiger charge is -2.18. The first kappa shape index (κ1) is 15.4. The van der Waals surface area contributed by atoms with Crippen molar-refractivity contribution in [3.05, 3.63) is 51.8 Å². The molecule has 1 aromatic carbocycles. The third kappa shape index (κ3) is 3.75. The largest absolute Gasteiger partial charge is 0.310 e. The van der Waals surface area contributed by atoms with Gasteiger partial charge in [-0.05, 0) is 43.1 Å². The lowest BCUT2D eigenvalue weighted by molar-refractivity contribution is 0.549. The molecule has 1 atom stereocenters. The summed E-state index contributed by atoms with van der Waals surface area (Å²) in [6, 6.07) is 6.01. The Morgan fingerprint density at radius 2 is 2.05 bits per heavy atom. The number of hydrogen-bond acceptors (Lipinski definition) is 2. The van der Waals surface area contributed by atoms with Gasteiger partial charge < -0.3 is 5.32 Å². The maximum absolute atomic E-state index is 6.11. The Bertz CT molecular complexity index is 566. The number of hydrogen-bond donors (Lipinski definition) is 1. The van der Waals surface area contributed by atoms with E-state index in [0.717, 1.165) is 25.1 Å². The Balaban J connectivity index is 2.19. The van der Waals surface area contributed by atoms with Crippen molar-refractivity contribution in [2.75, 3.05) is 6.54 Å². The molecule has 0 bridgehead atoms. The molecular formula is C15H19Cl2N3. The third-order valence-corrected chi connectivity index (χ3v) is 3.99. The Kier molecular flexibility index (Phi) is 5.46. The van der Waals surface area contributed by atoms with Crippen molar-refractivity contribution < 1.29 is 0 Å². The van der Waals surface area contributed by atoms with Crippen molar-refractivity contribution in [1.82, 2.24) is 15.1 Å². The van der Waals surface area contributed by atoms with Crippen molar-refractivity contribution in [2.24, 2.45) is 0 Å². The second-order valence-corrected chi connectivity index (χ2v) is 5.51. The van der Waals surface area contributed by atoms with Gasteiger partial charge in [0.15, 0.2) is 0 Å². The van der Waals surface area contributed by atoms with Crippen LogP contribution in [0.25, 0.3) is 0 Å². The summed E-state index contributed by atoms with van der Waals surface area (Å²) in [7, 11) is 0. The molecule has 20 heavy (non-hydrogen) atoms. The normalized spacial score (nSPS) is 12.6. The van der Waals surface area contributed by atoms with Gasteiger partial charge in [-0.1, -0.05) is 36.2 Å². The molecule has 5 heteroatoms. The van der Waals surface area contributed by atoms with E-state index in [-0.39, 0.29) is 6.04 Å². The number of benzene rings is 1. The zero-order valence-electron chi connectivity index (χ0n) is 11.7. The van der Waals surface area contributed by atoms with Gasteiger partial charge in [0.05, 0.1) is 16.2 Å². The van der Waals surface area contributed by atoms with Gasteiger partial charge in [-0.3, -0.25) is 4.68 Å². The van der Waals surface area contributed by atoms with E-state index in [0.29, 0.717) is 10.0 Å². The average Bonchev–Trinajstić information content (AvgIpc) is 2.89. The predicted molar refractivity (Wildman–Crippen MR) is 84.5 cm³/mol. The molecule has 0 aliphatic carbocycles. The molecule has 0 aliphatic rings. The number of aryl methyl sites for hydroxylation is 1. The van der Waals surface area contributed by atoms with Crippen LogP contribution in [0.3, 0.4) is 0 Å². The fourth-order valence-corrected chi connectivity index (χ4v) is 2.51. The summed E-state index contributed by atoms with van der Waals surface area (Å²) in [6.07, 6.45) is 4.89. The van der Waals surface area contributed by atoms with E-state index in [1.54, 1.807) is 0 Å². The van der Waals surface area contributed by atoms with Gasteiger partial charge in [-0.25, -0.2) is 0 Å². The first-order chi connectivity index (χ1) is 9.63. The Morgan fingerprint density at radius 1 is 1.25 bits per heavy atom. The lowest BCUT2D eigenvalue weighted by atomic mass is 10.0. The number of halogens is 2. The zero-order chi connectivity index (χ0) is 14.5. The summed E-state index contributed by atoms with van der Waals surface area (Å²) in [4.78, 5) is 0. The van der Waals surface area contributed by atoms with E-state index in [2.05, 4.69) is 30.5 Å². The van der Waals surface area contributed by atoms with Crippen LogP contribution in [0.15, 0.2) is 30.6 Å². The van der Waals surface area contributed by atoms with Crippen LogP contribution in [-0.4, -0.2) is 16.3 Å². The van der Waals surface area contributed by atoms with E-state index in [9.17, 15) is 0 Å². The number of aromatic nitrogens is 2. The fraction of sp³-hybridized carbons (Fsp3) is 0.400. The maximum atomic E-state index is 6.11. The van der Waals surface area contributed by atoms with Crippen LogP contribution in [-0.2, 0) is 13.0 Å². The van der Waals surface area contributed by atoms with E-state index in [1.807, 2.05) is 29.1 Å². The van der Waals surface area contributed by atoms with Crippen molar-refractivity contribution in [3.63, 3.8) is 0 Å². The fourth-order valence-electron chi connectivity index (χ4n) is 2.20. The number of nitrogens with one attached hydrogen (secondary N) is 1. The topological polar surface area (TPSA) is 29.9 Å². The van der Waals surface area contributed by atoms with Gasteiger partial charge in [-0.15, -0.1) is 0 Å². The van der Waals surface area contributed by atoms with Crippen LogP contribution in [0.4, 0.5) is 0 Å². The van der Waals surface area contributed by atoms with E-state index >= 15 is 0 Å². The molecule has 0 radical (unpaired) electrons. The van der Waals surface area contributed by atoms with Crippen LogP contribution >= 0.6 is 23.2 Å². The number of rotatable bonds is 6. The molecule has 1 aromatic heterocycles. The minimum atomic E-state index is 0.212. The van der Waals surface area contributed by atoms with Crippen molar-refractivity contribution in [3.8, 4) is 0 Å². The highest BCUT2D eigenvalue weighted by Crippen LogP contribution is 2.27. The third-order valence-electron chi connectivity index (χ3n) is 3.25. The summed E-state index contributed by atoms with van der Waals surface area (Å²) in [5.41, 5.74) is 2.36. The highest BCUT2D eigenvalue weighted by atomic mass is 35.5.